The van der Waals surface area contributed by atoms with Crippen molar-refractivity contribution < 1.29 is 19.1 Å². The summed E-state index contributed by atoms with van der Waals surface area (Å²) in [7, 11) is 1.62. The molecule has 0 spiro atoms. The Morgan fingerprint density at radius 3 is 2.67 bits per heavy atom. The fourth-order valence-electron chi connectivity index (χ4n) is 5.41. The summed E-state index contributed by atoms with van der Waals surface area (Å²) < 4.78 is 11.4. The van der Waals surface area contributed by atoms with Gasteiger partial charge in [0.25, 0.3) is 0 Å². The summed E-state index contributed by atoms with van der Waals surface area (Å²) in [5, 5.41) is 5.49. The Bertz CT molecular complexity index is 1120. The highest BCUT2D eigenvalue weighted by molar-refractivity contribution is 7.10. The summed E-state index contributed by atoms with van der Waals surface area (Å²) >= 11 is 1.69. The number of methoxy groups -OCH3 is 1. The molecule has 1 N–H and O–H groups in total. The minimum absolute atomic E-state index is 0.0376. The Hall–Kier alpha value is -2.86. The van der Waals surface area contributed by atoms with Crippen molar-refractivity contribution in [2.24, 2.45) is 0 Å². The zero-order valence-electron chi connectivity index (χ0n) is 19.1. The van der Waals surface area contributed by atoms with E-state index < -0.39 is 5.92 Å². The van der Waals surface area contributed by atoms with E-state index in [1.54, 1.807) is 18.4 Å². The van der Waals surface area contributed by atoms with Crippen LogP contribution in [-0.2, 0) is 14.3 Å². The average Bonchev–Trinajstić information content (AvgIpc) is 3.52. The Kier molecular flexibility index (Phi) is 6.11. The van der Waals surface area contributed by atoms with Crippen LogP contribution in [-0.4, -0.2) is 25.0 Å². The lowest BCUT2D eigenvalue weighted by Gasteiger charge is -2.36. The van der Waals surface area contributed by atoms with Gasteiger partial charge in [-0.2, -0.15) is 0 Å². The van der Waals surface area contributed by atoms with Gasteiger partial charge in [-0.05, 0) is 68.2 Å². The van der Waals surface area contributed by atoms with E-state index in [4.69, 9.17) is 9.47 Å². The van der Waals surface area contributed by atoms with E-state index in [1.165, 1.54) is 4.88 Å². The zero-order valence-corrected chi connectivity index (χ0v) is 19.9. The van der Waals surface area contributed by atoms with Crippen molar-refractivity contribution in [3.63, 3.8) is 0 Å². The highest BCUT2D eigenvalue weighted by Crippen LogP contribution is 2.47. The lowest BCUT2D eigenvalue weighted by Crippen LogP contribution is -2.36. The number of carbonyl (C=O) groups is 2. The number of Topliss-reactive ketones (excluding diaryl/α,β-unsaturated/α-hetero) is 1. The maximum atomic E-state index is 13.6. The second-order valence-electron chi connectivity index (χ2n) is 9.12. The van der Waals surface area contributed by atoms with E-state index in [2.05, 4.69) is 16.8 Å². The van der Waals surface area contributed by atoms with Gasteiger partial charge >= 0.3 is 5.97 Å². The van der Waals surface area contributed by atoms with Crippen molar-refractivity contribution in [3.05, 3.63) is 74.8 Å². The molecule has 0 amide bonds. The molecule has 0 bridgehead atoms. The number of carbonyl (C=O) groups excluding carboxylic acids is 2. The minimum atomic E-state index is -0.456. The van der Waals surface area contributed by atoms with Crippen LogP contribution in [0.1, 0.15) is 67.7 Å². The molecule has 0 saturated heterocycles. The van der Waals surface area contributed by atoms with Gasteiger partial charge in [-0.1, -0.05) is 18.2 Å². The van der Waals surface area contributed by atoms with Gasteiger partial charge in [0, 0.05) is 40.1 Å². The summed E-state index contributed by atoms with van der Waals surface area (Å²) in [6.07, 6.45) is 5.16. The number of hydrogen-bond acceptors (Lipinski definition) is 6. The highest BCUT2D eigenvalue weighted by atomic mass is 32.1. The van der Waals surface area contributed by atoms with Gasteiger partial charge in [0.05, 0.1) is 12.7 Å². The van der Waals surface area contributed by atoms with Crippen LogP contribution in [0.25, 0.3) is 0 Å². The van der Waals surface area contributed by atoms with E-state index >= 15 is 0 Å². The molecule has 5 rings (SSSR count). The third kappa shape index (κ3) is 4.24. The van der Waals surface area contributed by atoms with Crippen molar-refractivity contribution in [1.82, 2.24) is 5.32 Å². The van der Waals surface area contributed by atoms with Crippen LogP contribution in [0, 0.1) is 0 Å². The molecule has 1 aliphatic heterocycles. The third-order valence-electron chi connectivity index (χ3n) is 7.00. The number of allylic oxidation sites excluding steroid dienone is 3. The number of benzene rings is 1. The average molecular weight is 464 g/mol. The molecule has 172 valence electrons. The molecule has 6 heteroatoms. The van der Waals surface area contributed by atoms with Gasteiger partial charge in [-0.15, -0.1) is 11.3 Å². The van der Waals surface area contributed by atoms with Gasteiger partial charge in [0.1, 0.15) is 11.9 Å². The number of rotatable bonds is 5. The zero-order chi connectivity index (χ0) is 22.9. The van der Waals surface area contributed by atoms with Crippen LogP contribution < -0.4 is 10.1 Å². The Balaban J connectivity index is 1.56. The molecule has 0 radical (unpaired) electrons. The first-order chi connectivity index (χ1) is 16.0. The topological polar surface area (TPSA) is 64.6 Å². The van der Waals surface area contributed by atoms with Crippen molar-refractivity contribution in [1.29, 1.82) is 0 Å². The lowest BCUT2D eigenvalue weighted by molar-refractivity contribution is -0.144. The number of ether oxygens (including phenoxy) is 2. The summed E-state index contributed by atoms with van der Waals surface area (Å²) in [6.45, 7) is 1.92. The first-order valence-electron chi connectivity index (χ1n) is 11.7. The molecule has 5 nitrogen and oxygen atoms in total. The first kappa shape index (κ1) is 22.0. The number of thiophene rings is 1. The molecule has 2 aliphatic carbocycles. The van der Waals surface area contributed by atoms with E-state index in [0.717, 1.165) is 49.1 Å². The molecule has 1 aromatic carbocycles. The van der Waals surface area contributed by atoms with Crippen LogP contribution in [0.4, 0.5) is 0 Å². The van der Waals surface area contributed by atoms with Gasteiger partial charge in [0.15, 0.2) is 5.78 Å². The number of ketones is 1. The maximum Gasteiger partial charge on any atom is 0.337 e. The number of hydrogen-bond donors (Lipinski definition) is 1. The third-order valence-corrected chi connectivity index (χ3v) is 8.03. The van der Waals surface area contributed by atoms with E-state index in [9.17, 15) is 9.59 Å². The second kappa shape index (κ2) is 9.18. The molecule has 3 aliphatic rings. The monoisotopic (exact) mass is 463 g/mol. The fraction of sp³-hybridized carbons (Fsp3) is 0.407. The largest absolute Gasteiger partial charge is 0.497 e. The molecular formula is C27H29NO4S. The molecule has 2 atom stereocenters. The molecule has 1 saturated carbocycles. The number of dihydropyridines is 1. The van der Waals surface area contributed by atoms with Gasteiger partial charge in [0.2, 0.25) is 0 Å². The Morgan fingerprint density at radius 2 is 1.94 bits per heavy atom. The standard InChI is InChI=1S/C27H29NO4S/c1-16-24(27(30)32-19-8-3-4-9-19)25(17-7-5-10-20(13-17)31-2)26-21(28-16)14-18(15-22(26)29)23-11-6-12-33-23/h5-7,10-13,18-19,25,28H,3-4,8-9,14-15H2,1-2H3/t18-,25-/m0/s1. The van der Waals surface area contributed by atoms with Crippen LogP contribution in [0.15, 0.2) is 64.3 Å². The summed E-state index contributed by atoms with van der Waals surface area (Å²) in [5.74, 6) is 0.179. The fourth-order valence-corrected chi connectivity index (χ4v) is 6.24. The molecule has 1 aromatic heterocycles. The number of nitrogens with one attached hydrogen (secondary N) is 1. The molecular weight excluding hydrogens is 434 g/mol. The molecule has 2 aromatic rings. The van der Waals surface area contributed by atoms with Crippen LogP contribution in [0.3, 0.4) is 0 Å². The first-order valence-corrected chi connectivity index (χ1v) is 12.6. The van der Waals surface area contributed by atoms with Gasteiger partial charge in [-0.3, -0.25) is 4.79 Å². The summed E-state index contributed by atoms with van der Waals surface area (Å²) in [6, 6.07) is 11.8. The maximum absolute atomic E-state index is 13.6. The molecule has 33 heavy (non-hydrogen) atoms. The molecule has 0 unspecified atom stereocenters. The van der Waals surface area contributed by atoms with Gasteiger partial charge in [-0.25, -0.2) is 4.79 Å². The summed E-state index contributed by atoms with van der Waals surface area (Å²) in [4.78, 5) is 28.3. The van der Waals surface area contributed by atoms with E-state index in [0.29, 0.717) is 23.3 Å². The van der Waals surface area contributed by atoms with Crippen molar-refractivity contribution in [3.8, 4) is 5.75 Å². The Labute approximate surface area is 198 Å². The number of esters is 1. The lowest BCUT2D eigenvalue weighted by atomic mass is 9.72. The van der Waals surface area contributed by atoms with Crippen molar-refractivity contribution >= 4 is 23.1 Å². The SMILES string of the molecule is COc1cccc([C@H]2C(C(=O)OC3CCCC3)=C(C)NC3=C2C(=O)C[C@@H](c2cccs2)C3)c1. The smallest absolute Gasteiger partial charge is 0.337 e. The predicted octanol–water partition coefficient (Wildman–Crippen LogP) is 5.60. The molecule has 2 heterocycles. The summed E-state index contributed by atoms with van der Waals surface area (Å²) in [5.41, 5.74) is 3.80. The Morgan fingerprint density at radius 1 is 1.12 bits per heavy atom. The van der Waals surface area contributed by atoms with E-state index in [1.807, 2.05) is 37.3 Å². The highest BCUT2D eigenvalue weighted by Gasteiger charge is 2.42. The predicted molar refractivity (Wildman–Crippen MR) is 128 cm³/mol. The van der Waals surface area contributed by atoms with Crippen LogP contribution in [0.5, 0.6) is 5.75 Å². The van der Waals surface area contributed by atoms with Crippen LogP contribution >= 0.6 is 11.3 Å². The quantitative estimate of drug-likeness (QED) is 0.585. The van der Waals surface area contributed by atoms with Crippen molar-refractivity contribution in [2.45, 2.75) is 63.4 Å². The normalized spacial score (nSPS) is 23.4. The van der Waals surface area contributed by atoms with Crippen molar-refractivity contribution in [2.75, 3.05) is 7.11 Å². The minimum Gasteiger partial charge on any atom is -0.497 e. The van der Waals surface area contributed by atoms with Gasteiger partial charge < -0.3 is 14.8 Å². The van der Waals surface area contributed by atoms with Crippen LogP contribution in [0.2, 0.25) is 0 Å². The second-order valence-corrected chi connectivity index (χ2v) is 10.1. The molecule has 1 fully saturated rings. The van der Waals surface area contributed by atoms with E-state index in [-0.39, 0.29) is 23.8 Å².